The molecule has 12 heteroatoms. The van der Waals surface area contributed by atoms with E-state index in [9.17, 15) is 0 Å². The molecular formula is C15H20ClN7O3S. The van der Waals surface area contributed by atoms with E-state index in [0.29, 0.717) is 35.9 Å². The maximum absolute atomic E-state index is 9.00. The van der Waals surface area contributed by atoms with E-state index >= 15 is 0 Å². The molecule has 3 atom stereocenters. The fraction of sp³-hybridized carbons (Fsp3) is 0.533. The van der Waals surface area contributed by atoms with Crippen LogP contribution in [-0.4, -0.2) is 73.2 Å². The number of nitrogens with one attached hydrogen (secondary N) is 2. The van der Waals surface area contributed by atoms with Gasteiger partial charge in [-0.05, 0) is 0 Å². The fourth-order valence-corrected chi connectivity index (χ4v) is 3.91. The average Bonchev–Trinajstić information content (AvgIpc) is 3.34. The van der Waals surface area contributed by atoms with Crippen molar-refractivity contribution in [2.45, 2.75) is 18.4 Å². The monoisotopic (exact) mass is 413 g/mol. The molecule has 2 aliphatic heterocycles. The van der Waals surface area contributed by atoms with E-state index in [1.165, 1.54) is 11.9 Å². The highest BCUT2D eigenvalue weighted by Crippen LogP contribution is 2.34. The molecule has 0 aromatic carbocycles. The zero-order chi connectivity index (χ0) is 18.8. The number of hydrogen-bond donors (Lipinski definition) is 3. The molecule has 4 heterocycles. The number of aliphatic hydroxyl groups is 1. The van der Waals surface area contributed by atoms with Crippen molar-refractivity contribution in [3.05, 3.63) is 23.6 Å². The van der Waals surface area contributed by atoms with Gasteiger partial charge in [0, 0.05) is 19.0 Å². The molecule has 27 heavy (non-hydrogen) atoms. The standard InChI is InChI=1S/C15H20ClN7O3S/c1-22-6-9(4-18-22)19-15-17-5-10(16)13(21-15)20-11-7-25-14-12(11)26-8-23(14)27-3-2-24/h4-6,11-12,14,24H,2-3,7-8H2,1H3,(H2,17,19,20,21). The zero-order valence-electron chi connectivity index (χ0n) is 14.6. The van der Waals surface area contributed by atoms with Crippen molar-refractivity contribution in [1.29, 1.82) is 0 Å². The fourth-order valence-electron chi connectivity index (χ4n) is 2.98. The maximum Gasteiger partial charge on any atom is 0.229 e. The SMILES string of the molecule is Cn1cc(Nc2ncc(Cl)c(NC3COC4C3OCN4SCCO)n2)cn1. The Hall–Kier alpha value is -1.63. The van der Waals surface area contributed by atoms with Gasteiger partial charge in [0.2, 0.25) is 5.95 Å². The Morgan fingerprint density at radius 1 is 1.41 bits per heavy atom. The predicted octanol–water partition coefficient (Wildman–Crippen LogP) is 1.04. The minimum absolute atomic E-state index is 0.0895. The molecule has 2 aliphatic rings. The Morgan fingerprint density at radius 2 is 2.30 bits per heavy atom. The van der Waals surface area contributed by atoms with Crippen molar-refractivity contribution in [2.24, 2.45) is 7.05 Å². The van der Waals surface area contributed by atoms with E-state index in [1.807, 2.05) is 17.5 Å². The Kier molecular flexibility index (Phi) is 5.66. The minimum Gasteiger partial charge on any atom is -0.395 e. The van der Waals surface area contributed by atoms with Crippen LogP contribution in [0.5, 0.6) is 0 Å². The van der Waals surface area contributed by atoms with Crippen LogP contribution in [0.4, 0.5) is 17.5 Å². The first kappa shape index (κ1) is 18.7. The highest BCUT2D eigenvalue weighted by atomic mass is 35.5. The molecule has 0 spiro atoms. The summed E-state index contributed by atoms with van der Waals surface area (Å²) in [6.45, 7) is 1.03. The molecule has 2 fully saturated rings. The minimum atomic E-state index is -0.160. The van der Waals surface area contributed by atoms with Crippen LogP contribution in [0.25, 0.3) is 0 Å². The highest BCUT2D eigenvalue weighted by molar-refractivity contribution is 7.97. The maximum atomic E-state index is 9.00. The van der Waals surface area contributed by atoms with Crippen LogP contribution < -0.4 is 10.6 Å². The number of halogens is 1. The molecule has 0 bridgehead atoms. The molecule has 0 amide bonds. The highest BCUT2D eigenvalue weighted by Gasteiger charge is 2.47. The van der Waals surface area contributed by atoms with Crippen molar-refractivity contribution in [3.63, 3.8) is 0 Å². The lowest BCUT2D eigenvalue weighted by molar-refractivity contribution is 0.0471. The van der Waals surface area contributed by atoms with Gasteiger partial charge in [0.15, 0.2) is 5.82 Å². The van der Waals surface area contributed by atoms with E-state index in [-0.39, 0.29) is 25.0 Å². The second-order valence-corrected chi connectivity index (χ2v) is 7.67. The van der Waals surface area contributed by atoms with Gasteiger partial charge in [-0.2, -0.15) is 14.4 Å². The van der Waals surface area contributed by atoms with Crippen molar-refractivity contribution < 1.29 is 14.6 Å². The van der Waals surface area contributed by atoms with Crippen LogP contribution in [0.3, 0.4) is 0 Å². The summed E-state index contributed by atoms with van der Waals surface area (Å²) in [6.07, 6.45) is 4.75. The van der Waals surface area contributed by atoms with E-state index < -0.39 is 0 Å². The summed E-state index contributed by atoms with van der Waals surface area (Å²) in [5.74, 6) is 1.53. The molecule has 0 saturated carbocycles. The smallest absolute Gasteiger partial charge is 0.229 e. The lowest BCUT2D eigenvalue weighted by atomic mass is 10.2. The number of anilines is 3. The van der Waals surface area contributed by atoms with Crippen molar-refractivity contribution >= 4 is 41.0 Å². The van der Waals surface area contributed by atoms with Gasteiger partial charge in [-0.1, -0.05) is 23.5 Å². The number of fused-ring (bicyclic) bond motifs is 1. The molecule has 2 saturated heterocycles. The third-order valence-electron chi connectivity index (χ3n) is 4.18. The summed E-state index contributed by atoms with van der Waals surface area (Å²) in [6, 6.07) is -0.0895. The van der Waals surface area contributed by atoms with Gasteiger partial charge in [0.05, 0.1) is 37.3 Å². The lowest BCUT2D eigenvalue weighted by Gasteiger charge is -2.19. The number of nitrogens with zero attached hydrogens (tertiary/aromatic N) is 5. The Morgan fingerprint density at radius 3 is 3.07 bits per heavy atom. The third kappa shape index (κ3) is 4.13. The van der Waals surface area contributed by atoms with Gasteiger partial charge < -0.3 is 25.2 Å². The number of ether oxygens (including phenoxy) is 2. The molecule has 0 radical (unpaired) electrons. The van der Waals surface area contributed by atoms with Gasteiger partial charge in [-0.25, -0.2) is 4.98 Å². The Labute approximate surface area is 165 Å². The third-order valence-corrected chi connectivity index (χ3v) is 5.46. The van der Waals surface area contributed by atoms with E-state index in [2.05, 4.69) is 25.7 Å². The predicted molar refractivity (Wildman–Crippen MR) is 102 cm³/mol. The topological polar surface area (TPSA) is 110 Å². The van der Waals surface area contributed by atoms with E-state index in [4.69, 9.17) is 26.2 Å². The number of hydrogen-bond acceptors (Lipinski definition) is 10. The molecule has 3 unspecified atom stereocenters. The summed E-state index contributed by atoms with van der Waals surface area (Å²) in [5.41, 5.74) is 0.783. The Bertz CT molecular complexity index is 795. The number of rotatable bonds is 7. The summed E-state index contributed by atoms with van der Waals surface area (Å²) >= 11 is 7.78. The molecule has 10 nitrogen and oxygen atoms in total. The van der Waals surface area contributed by atoms with Gasteiger partial charge >= 0.3 is 0 Å². The molecular weight excluding hydrogens is 394 g/mol. The summed E-state index contributed by atoms with van der Waals surface area (Å²) in [5, 5.41) is 19.9. The summed E-state index contributed by atoms with van der Waals surface area (Å²) < 4.78 is 15.4. The number of aromatic nitrogens is 4. The van der Waals surface area contributed by atoms with E-state index in [0.717, 1.165) is 5.69 Å². The molecule has 146 valence electrons. The van der Waals surface area contributed by atoms with Crippen LogP contribution >= 0.6 is 23.5 Å². The van der Waals surface area contributed by atoms with Gasteiger partial charge in [-0.15, -0.1) is 0 Å². The number of aliphatic hydroxyl groups excluding tert-OH is 1. The van der Waals surface area contributed by atoms with Crippen molar-refractivity contribution in [2.75, 3.05) is 36.3 Å². The van der Waals surface area contributed by atoms with Crippen molar-refractivity contribution in [3.8, 4) is 0 Å². The van der Waals surface area contributed by atoms with Gasteiger partial charge in [0.25, 0.3) is 0 Å². The largest absolute Gasteiger partial charge is 0.395 e. The van der Waals surface area contributed by atoms with Crippen molar-refractivity contribution in [1.82, 2.24) is 24.1 Å². The first-order valence-corrected chi connectivity index (χ1v) is 9.74. The summed E-state index contributed by atoms with van der Waals surface area (Å²) in [4.78, 5) is 8.66. The lowest BCUT2D eigenvalue weighted by Crippen LogP contribution is -2.36. The second kappa shape index (κ2) is 8.17. The van der Waals surface area contributed by atoms with Crippen LogP contribution in [-0.2, 0) is 16.5 Å². The normalized spacial score (nSPS) is 24.9. The quantitative estimate of drug-likeness (QED) is 0.569. The second-order valence-electron chi connectivity index (χ2n) is 6.13. The van der Waals surface area contributed by atoms with E-state index in [1.54, 1.807) is 17.1 Å². The molecule has 0 aliphatic carbocycles. The molecule has 2 aromatic rings. The zero-order valence-corrected chi connectivity index (χ0v) is 16.2. The Balaban J connectivity index is 1.43. The molecule has 2 aromatic heterocycles. The molecule has 3 N–H and O–H groups in total. The van der Waals surface area contributed by atoms with Crippen LogP contribution in [0.1, 0.15) is 0 Å². The van der Waals surface area contributed by atoms with Crippen LogP contribution in [0.2, 0.25) is 5.02 Å². The molecule has 4 rings (SSSR count). The van der Waals surface area contributed by atoms with Crippen LogP contribution in [0, 0.1) is 0 Å². The van der Waals surface area contributed by atoms with Crippen LogP contribution in [0.15, 0.2) is 18.6 Å². The first-order valence-electron chi connectivity index (χ1n) is 8.42. The number of aryl methyl sites for hydroxylation is 1. The van der Waals surface area contributed by atoms with Gasteiger partial charge in [0.1, 0.15) is 24.1 Å². The summed E-state index contributed by atoms with van der Waals surface area (Å²) in [7, 11) is 1.83. The van der Waals surface area contributed by atoms with Gasteiger partial charge in [-0.3, -0.25) is 4.68 Å². The average molecular weight is 414 g/mol. The first-order chi connectivity index (χ1) is 13.1.